The number of hydrogen-bond donors (Lipinski definition) is 3. The van der Waals surface area contributed by atoms with Crippen molar-refractivity contribution in [3.8, 4) is 6.07 Å². The first-order valence-corrected chi connectivity index (χ1v) is 9.63. The second-order valence-corrected chi connectivity index (χ2v) is 6.68. The summed E-state index contributed by atoms with van der Waals surface area (Å²) in [5.41, 5.74) is 1.37. The van der Waals surface area contributed by atoms with Crippen molar-refractivity contribution in [1.29, 1.82) is 5.26 Å². The number of carboxylic acid groups (broad SMARTS) is 2. The molecule has 0 spiro atoms. The van der Waals surface area contributed by atoms with E-state index in [1.807, 2.05) is 0 Å². The van der Waals surface area contributed by atoms with Gasteiger partial charge in [-0.3, -0.25) is 0 Å². The van der Waals surface area contributed by atoms with Crippen LogP contribution in [-0.2, 0) is 14.3 Å². The van der Waals surface area contributed by atoms with Gasteiger partial charge in [0, 0.05) is 25.7 Å². The van der Waals surface area contributed by atoms with E-state index < -0.39 is 30.3 Å². The van der Waals surface area contributed by atoms with Crippen molar-refractivity contribution in [3.05, 3.63) is 22.9 Å². The Kier molecular flexibility index (Phi) is 11.9. The number of piperazine rings is 1. The Hall–Kier alpha value is -3.61. The number of halogens is 6. The molecule has 0 aromatic carbocycles. The van der Waals surface area contributed by atoms with Gasteiger partial charge in [-0.15, -0.1) is 0 Å². The van der Waals surface area contributed by atoms with Crippen LogP contribution in [0.15, 0.2) is 6.07 Å². The number of nitrogens with zero attached hydrogens (tertiary/aromatic N) is 3. The summed E-state index contributed by atoms with van der Waals surface area (Å²) in [6.45, 7) is 8.41. The molecular formula is C19H22F6N4O6. The van der Waals surface area contributed by atoms with Gasteiger partial charge in [0.2, 0.25) is 0 Å². The monoisotopic (exact) mass is 516 g/mol. The number of hydrogen-bond acceptors (Lipinski definition) is 8. The fourth-order valence-corrected chi connectivity index (χ4v) is 2.47. The van der Waals surface area contributed by atoms with Gasteiger partial charge < -0.3 is 25.2 Å². The standard InChI is InChI=1S/C15H20N4O2.2C2HF3O2/c1-4-21-15(20)13-7-12(8-16)14(18-11(13)3)19-6-5-17-9-10(19)2;2*3-2(4,5)1(6)7/h7,10,17H,4-6,9H2,1-3H3;2*(H,6,7). The first-order chi connectivity index (χ1) is 16.0. The molecule has 0 bridgehead atoms. The lowest BCUT2D eigenvalue weighted by molar-refractivity contribution is -0.193. The molecule has 1 fully saturated rings. The molecule has 0 aliphatic carbocycles. The van der Waals surface area contributed by atoms with Crippen LogP contribution >= 0.6 is 0 Å². The van der Waals surface area contributed by atoms with Crippen molar-refractivity contribution in [2.45, 2.75) is 39.2 Å². The number of ether oxygens (including phenoxy) is 1. The van der Waals surface area contributed by atoms with Crippen LogP contribution in [-0.4, -0.2) is 77.7 Å². The normalized spacial score (nSPS) is 15.4. The van der Waals surface area contributed by atoms with E-state index in [9.17, 15) is 36.4 Å². The summed E-state index contributed by atoms with van der Waals surface area (Å²) in [5.74, 6) is -5.30. The molecule has 0 amide bonds. The summed E-state index contributed by atoms with van der Waals surface area (Å²) in [5, 5.41) is 26.9. The Labute approximate surface area is 195 Å². The van der Waals surface area contributed by atoms with Gasteiger partial charge in [0.05, 0.1) is 23.4 Å². The fraction of sp³-hybridized carbons (Fsp3) is 0.526. The highest BCUT2D eigenvalue weighted by Crippen LogP contribution is 2.24. The van der Waals surface area contributed by atoms with Crippen molar-refractivity contribution in [1.82, 2.24) is 10.3 Å². The van der Waals surface area contributed by atoms with E-state index in [4.69, 9.17) is 24.5 Å². The number of nitriles is 1. The van der Waals surface area contributed by atoms with E-state index in [1.165, 1.54) is 0 Å². The molecule has 1 aromatic heterocycles. The lowest BCUT2D eigenvalue weighted by Gasteiger charge is -2.35. The number of rotatable bonds is 3. The Bertz CT molecular complexity index is 921. The Balaban J connectivity index is 0.000000680. The molecule has 16 heteroatoms. The summed E-state index contributed by atoms with van der Waals surface area (Å²) in [6, 6.07) is 3.99. The maximum Gasteiger partial charge on any atom is 0.490 e. The quantitative estimate of drug-likeness (QED) is 0.404. The van der Waals surface area contributed by atoms with Gasteiger partial charge in [-0.1, -0.05) is 0 Å². The van der Waals surface area contributed by atoms with Crippen LogP contribution in [0.5, 0.6) is 0 Å². The van der Waals surface area contributed by atoms with E-state index in [-0.39, 0.29) is 6.04 Å². The molecule has 10 nitrogen and oxygen atoms in total. The van der Waals surface area contributed by atoms with Crippen molar-refractivity contribution in [2.24, 2.45) is 0 Å². The molecule has 35 heavy (non-hydrogen) atoms. The summed E-state index contributed by atoms with van der Waals surface area (Å²) < 4.78 is 68.5. The third kappa shape index (κ3) is 10.5. The maximum absolute atomic E-state index is 11.9. The lowest BCUT2D eigenvalue weighted by atomic mass is 10.1. The Morgan fingerprint density at radius 1 is 1.20 bits per heavy atom. The molecule has 2 rings (SSSR count). The topological polar surface area (TPSA) is 153 Å². The second kappa shape index (κ2) is 13.3. The van der Waals surface area contributed by atoms with Crippen LogP contribution in [0, 0.1) is 18.3 Å². The van der Waals surface area contributed by atoms with E-state index >= 15 is 0 Å². The molecule has 3 N–H and O–H groups in total. The van der Waals surface area contributed by atoms with E-state index in [1.54, 1.807) is 19.9 Å². The molecule has 196 valence electrons. The zero-order valence-electron chi connectivity index (χ0n) is 18.6. The number of aryl methyl sites for hydroxylation is 1. The maximum atomic E-state index is 11.9. The minimum Gasteiger partial charge on any atom is -0.475 e. The van der Waals surface area contributed by atoms with Crippen molar-refractivity contribution in [2.75, 3.05) is 31.1 Å². The number of alkyl halides is 6. The third-order valence-corrected chi connectivity index (χ3v) is 4.07. The molecule has 1 unspecified atom stereocenters. The number of nitrogens with one attached hydrogen (secondary N) is 1. The molecule has 2 heterocycles. The number of aliphatic carboxylic acids is 2. The van der Waals surface area contributed by atoms with Gasteiger partial charge in [-0.2, -0.15) is 31.6 Å². The van der Waals surface area contributed by atoms with Crippen LogP contribution in [0.1, 0.15) is 35.5 Å². The van der Waals surface area contributed by atoms with Gasteiger partial charge in [-0.05, 0) is 26.8 Å². The zero-order chi connectivity index (χ0) is 27.6. The van der Waals surface area contributed by atoms with Gasteiger partial charge in [0.1, 0.15) is 11.9 Å². The average Bonchev–Trinajstić information content (AvgIpc) is 2.73. The first kappa shape index (κ1) is 31.4. The predicted molar refractivity (Wildman–Crippen MR) is 107 cm³/mol. The summed E-state index contributed by atoms with van der Waals surface area (Å²) in [7, 11) is 0. The van der Waals surface area contributed by atoms with E-state index in [0.717, 1.165) is 19.6 Å². The number of aromatic nitrogens is 1. The van der Waals surface area contributed by atoms with Crippen LogP contribution < -0.4 is 10.2 Å². The SMILES string of the molecule is CCOC(=O)c1cc(C#N)c(N2CCNCC2C)nc1C.O=C(O)C(F)(F)F.O=C(O)C(F)(F)F. The predicted octanol–water partition coefficient (Wildman–Crippen LogP) is 2.50. The van der Waals surface area contributed by atoms with Crippen molar-refractivity contribution >= 4 is 23.7 Å². The van der Waals surface area contributed by atoms with Crippen LogP contribution in [0.4, 0.5) is 32.2 Å². The summed E-state index contributed by atoms with van der Waals surface area (Å²) in [6.07, 6.45) is -10.2. The molecule has 1 aliphatic rings. The van der Waals surface area contributed by atoms with Crippen LogP contribution in [0.2, 0.25) is 0 Å². The largest absolute Gasteiger partial charge is 0.490 e. The second-order valence-electron chi connectivity index (χ2n) is 6.68. The van der Waals surface area contributed by atoms with E-state index in [2.05, 4.69) is 28.2 Å². The number of carbonyl (C=O) groups excluding carboxylic acids is 1. The number of esters is 1. The number of carbonyl (C=O) groups is 3. The number of pyridine rings is 1. The molecule has 1 aromatic rings. The highest BCUT2D eigenvalue weighted by Gasteiger charge is 2.38. The van der Waals surface area contributed by atoms with Gasteiger partial charge in [-0.25, -0.2) is 19.4 Å². The minimum absolute atomic E-state index is 0.256. The Morgan fingerprint density at radius 2 is 1.69 bits per heavy atom. The van der Waals surface area contributed by atoms with Crippen LogP contribution in [0.25, 0.3) is 0 Å². The van der Waals surface area contributed by atoms with E-state index in [0.29, 0.717) is 29.2 Å². The van der Waals surface area contributed by atoms with Crippen molar-refractivity contribution in [3.63, 3.8) is 0 Å². The number of anilines is 1. The summed E-state index contributed by atoms with van der Waals surface area (Å²) in [4.78, 5) is 36.3. The van der Waals surface area contributed by atoms with Gasteiger partial charge >= 0.3 is 30.3 Å². The third-order valence-electron chi connectivity index (χ3n) is 4.07. The van der Waals surface area contributed by atoms with Gasteiger partial charge in [0.25, 0.3) is 0 Å². The molecule has 1 saturated heterocycles. The Morgan fingerprint density at radius 3 is 2.06 bits per heavy atom. The first-order valence-electron chi connectivity index (χ1n) is 9.63. The highest BCUT2D eigenvalue weighted by molar-refractivity contribution is 5.91. The lowest BCUT2D eigenvalue weighted by Crippen LogP contribution is -2.50. The van der Waals surface area contributed by atoms with Crippen LogP contribution in [0.3, 0.4) is 0 Å². The smallest absolute Gasteiger partial charge is 0.475 e. The average molecular weight is 516 g/mol. The zero-order valence-corrected chi connectivity index (χ0v) is 18.6. The fourth-order valence-electron chi connectivity index (χ4n) is 2.47. The molecule has 0 saturated carbocycles. The molecule has 1 aliphatic heterocycles. The minimum atomic E-state index is -5.08. The number of carboxylic acids is 2. The molecular weight excluding hydrogens is 494 g/mol. The molecule has 0 radical (unpaired) electrons. The van der Waals surface area contributed by atoms with Gasteiger partial charge in [0.15, 0.2) is 0 Å². The highest BCUT2D eigenvalue weighted by atomic mass is 19.4. The van der Waals surface area contributed by atoms with Crippen molar-refractivity contribution < 1.29 is 55.7 Å². The summed E-state index contributed by atoms with van der Waals surface area (Å²) >= 11 is 0. The molecule has 1 atom stereocenters.